The zero-order valence-corrected chi connectivity index (χ0v) is 34.3. The van der Waals surface area contributed by atoms with Crippen LogP contribution in [0.2, 0.25) is 0 Å². The average molecular weight is 731 g/mol. The molecule has 0 saturated carbocycles. The average Bonchev–Trinajstić information content (AvgIpc) is 3.14. The molecule has 302 valence electrons. The van der Waals surface area contributed by atoms with Crippen molar-refractivity contribution in [1.82, 2.24) is 0 Å². The van der Waals surface area contributed by atoms with E-state index in [2.05, 4.69) is 57.2 Å². The van der Waals surface area contributed by atoms with Crippen LogP contribution in [0.5, 0.6) is 0 Å². The Balaban J connectivity index is 4.27. The van der Waals surface area contributed by atoms with Crippen molar-refractivity contribution in [1.29, 1.82) is 0 Å². The molecule has 0 N–H and O–H groups in total. The molecular weight excluding hydrogens is 648 g/mol. The van der Waals surface area contributed by atoms with Gasteiger partial charge in [-0.3, -0.25) is 14.4 Å². The second-order valence-electron chi connectivity index (χ2n) is 14.6. The lowest BCUT2D eigenvalue weighted by Crippen LogP contribution is -2.30. The van der Waals surface area contributed by atoms with Gasteiger partial charge in [0.15, 0.2) is 6.10 Å². The molecule has 0 bridgehead atoms. The van der Waals surface area contributed by atoms with E-state index < -0.39 is 6.10 Å². The lowest BCUT2D eigenvalue weighted by molar-refractivity contribution is -0.167. The molecule has 1 unspecified atom stereocenters. The Hall–Kier alpha value is -2.37. The fourth-order valence-corrected chi connectivity index (χ4v) is 5.98. The number of unbranched alkanes of at least 4 members (excludes halogenated alkanes) is 22. The summed E-state index contributed by atoms with van der Waals surface area (Å²) in [6, 6.07) is 0. The fraction of sp³-hybridized carbons (Fsp3) is 0.804. The minimum atomic E-state index is -0.775. The summed E-state index contributed by atoms with van der Waals surface area (Å²) in [7, 11) is 0. The molecule has 0 radical (unpaired) electrons. The van der Waals surface area contributed by atoms with E-state index in [9.17, 15) is 14.4 Å². The first-order valence-corrected chi connectivity index (χ1v) is 22.0. The number of hydrogen-bond acceptors (Lipinski definition) is 6. The van der Waals surface area contributed by atoms with Crippen molar-refractivity contribution in [3.05, 3.63) is 36.5 Å². The van der Waals surface area contributed by atoms with Gasteiger partial charge in [-0.15, -0.1) is 0 Å². The third-order valence-electron chi connectivity index (χ3n) is 9.37. The molecule has 0 aromatic heterocycles. The van der Waals surface area contributed by atoms with Crippen LogP contribution >= 0.6 is 0 Å². The highest BCUT2D eigenvalue weighted by Crippen LogP contribution is 2.13. The number of rotatable bonds is 39. The molecule has 6 nitrogen and oxygen atoms in total. The Morgan fingerprint density at radius 1 is 0.385 bits per heavy atom. The maximum absolute atomic E-state index is 12.6. The minimum Gasteiger partial charge on any atom is -0.462 e. The molecule has 0 aliphatic heterocycles. The van der Waals surface area contributed by atoms with Crippen LogP contribution in [0, 0.1) is 0 Å². The van der Waals surface area contributed by atoms with Gasteiger partial charge in [-0.05, 0) is 70.6 Å². The third kappa shape index (κ3) is 38.9. The molecule has 0 saturated heterocycles. The molecular formula is C46H82O6. The van der Waals surface area contributed by atoms with Gasteiger partial charge in [0.1, 0.15) is 13.2 Å². The largest absolute Gasteiger partial charge is 0.462 e. The number of carbonyl (C=O) groups is 3. The van der Waals surface area contributed by atoms with E-state index in [1.165, 1.54) is 83.5 Å². The Kier molecular flexibility index (Phi) is 39.5. The lowest BCUT2D eigenvalue weighted by Gasteiger charge is -2.18. The van der Waals surface area contributed by atoms with E-state index in [1.54, 1.807) is 0 Å². The van der Waals surface area contributed by atoms with Gasteiger partial charge >= 0.3 is 17.9 Å². The molecule has 0 aromatic carbocycles. The quantitative estimate of drug-likeness (QED) is 0.0271. The molecule has 0 rings (SSSR count). The fourth-order valence-electron chi connectivity index (χ4n) is 5.98. The van der Waals surface area contributed by atoms with E-state index in [-0.39, 0.29) is 31.1 Å². The summed E-state index contributed by atoms with van der Waals surface area (Å²) in [5.41, 5.74) is 0. The smallest absolute Gasteiger partial charge is 0.306 e. The molecule has 0 spiro atoms. The number of ether oxygens (including phenoxy) is 3. The summed E-state index contributed by atoms with van der Waals surface area (Å²) in [6.45, 7) is 6.48. The summed E-state index contributed by atoms with van der Waals surface area (Å²) < 4.78 is 16.6. The highest BCUT2D eigenvalue weighted by Gasteiger charge is 2.19. The molecule has 1 atom stereocenters. The highest BCUT2D eigenvalue weighted by atomic mass is 16.6. The van der Waals surface area contributed by atoms with Crippen molar-refractivity contribution in [2.24, 2.45) is 0 Å². The van der Waals surface area contributed by atoms with Crippen LogP contribution in [-0.2, 0) is 28.6 Å². The van der Waals surface area contributed by atoms with Crippen LogP contribution in [0.3, 0.4) is 0 Å². The van der Waals surface area contributed by atoms with Gasteiger partial charge in [-0.2, -0.15) is 0 Å². The van der Waals surface area contributed by atoms with Crippen molar-refractivity contribution >= 4 is 17.9 Å². The second-order valence-corrected chi connectivity index (χ2v) is 14.6. The van der Waals surface area contributed by atoms with Gasteiger partial charge in [0.25, 0.3) is 0 Å². The van der Waals surface area contributed by atoms with Gasteiger partial charge < -0.3 is 14.2 Å². The van der Waals surface area contributed by atoms with Gasteiger partial charge in [0.05, 0.1) is 0 Å². The maximum Gasteiger partial charge on any atom is 0.306 e. The van der Waals surface area contributed by atoms with Crippen LogP contribution in [0.25, 0.3) is 0 Å². The number of carbonyl (C=O) groups excluding carboxylic acids is 3. The van der Waals surface area contributed by atoms with Crippen LogP contribution in [0.1, 0.15) is 220 Å². The third-order valence-corrected chi connectivity index (χ3v) is 9.37. The number of esters is 3. The standard InChI is InChI=1S/C46H82O6/c1-4-7-10-13-15-17-19-21-23-25-26-28-30-33-36-39-45(48)51-42-43(41-50-44(47)38-35-32-12-9-6-3)52-46(49)40-37-34-31-29-27-24-22-20-18-16-14-11-8-5-2/h14,16,20-23,43H,4-13,15,17-19,24-42H2,1-3H3/b16-14-,22-20-,23-21-. The molecule has 6 heteroatoms. The normalized spacial score (nSPS) is 12.3. The van der Waals surface area contributed by atoms with Crippen molar-refractivity contribution in [2.45, 2.75) is 226 Å². The zero-order valence-electron chi connectivity index (χ0n) is 34.3. The van der Waals surface area contributed by atoms with E-state index in [1.807, 2.05) is 0 Å². The molecule has 0 amide bonds. The number of allylic oxidation sites excluding steroid dienone is 6. The van der Waals surface area contributed by atoms with Crippen molar-refractivity contribution in [3.8, 4) is 0 Å². The lowest BCUT2D eigenvalue weighted by atomic mass is 10.1. The number of hydrogen-bond donors (Lipinski definition) is 0. The van der Waals surface area contributed by atoms with Gasteiger partial charge in [-0.1, -0.05) is 166 Å². The van der Waals surface area contributed by atoms with Crippen molar-refractivity contribution in [2.75, 3.05) is 13.2 Å². The van der Waals surface area contributed by atoms with E-state index in [0.717, 1.165) is 96.3 Å². The molecule has 0 aromatic rings. The SMILES string of the molecule is CCCC/C=C\C/C=C\CCCCCCCC(=O)OC(COC(=O)CCCCCCC)COC(=O)CCCCCCC/C=C\CCCCCCCC. The van der Waals surface area contributed by atoms with Gasteiger partial charge in [-0.25, -0.2) is 0 Å². The predicted octanol–water partition coefficient (Wildman–Crippen LogP) is 13.8. The van der Waals surface area contributed by atoms with E-state index in [4.69, 9.17) is 14.2 Å². The van der Waals surface area contributed by atoms with Gasteiger partial charge in [0, 0.05) is 19.3 Å². The minimum absolute atomic E-state index is 0.0811. The molecule has 0 aliphatic rings. The second kappa shape index (κ2) is 41.4. The van der Waals surface area contributed by atoms with Crippen LogP contribution in [-0.4, -0.2) is 37.2 Å². The molecule has 0 aliphatic carbocycles. The highest BCUT2D eigenvalue weighted by molar-refractivity contribution is 5.71. The Morgan fingerprint density at radius 3 is 1.13 bits per heavy atom. The first-order valence-electron chi connectivity index (χ1n) is 22.0. The summed E-state index contributed by atoms with van der Waals surface area (Å²) in [5.74, 6) is -0.918. The topological polar surface area (TPSA) is 78.9 Å². The summed E-state index contributed by atoms with van der Waals surface area (Å²) in [4.78, 5) is 37.4. The zero-order chi connectivity index (χ0) is 38.0. The van der Waals surface area contributed by atoms with E-state index in [0.29, 0.717) is 19.3 Å². The van der Waals surface area contributed by atoms with E-state index >= 15 is 0 Å². The summed E-state index contributed by atoms with van der Waals surface area (Å²) in [5, 5.41) is 0. The van der Waals surface area contributed by atoms with Crippen LogP contribution in [0.4, 0.5) is 0 Å². The summed E-state index contributed by atoms with van der Waals surface area (Å²) >= 11 is 0. The van der Waals surface area contributed by atoms with Crippen LogP contribution in [0.15, 0.2) is 36.5 Å². The first kappa shape index (κ1) is 49.6. The van der Waals surface area contributed by atoms with Gasteiger partial charge in [0.2, 0.25) is 0 Å². The predicted molar refractivity (Wildman–Crippen MR) is 219 cm³/mol. The Morgan fingerprint density at radius 2 is 0.712 bits per heavy atom. The van der Waals surface area contributed by atoms with Crippen molar-refractivity contribution in [3.63, 3.8) is 0 Å². The molecule has 0 fully saturated rings. The van der Waals surface area contributed by atoms with Crippen LogP contribution < -0.4 is 0 Å². The molecule has 52 heavy (non-hydrogen) atoms. The van der Waals surface area contributed by atoms with Crippen molar-refractivity contribution < 1.29 is 28.6 Å². The summed E-state index contributed by atoms with van der Waals surface area (Å²) in [6.07, 6.45) is 45.8. The maximum atomic E-state index is 12.6. The molecule has 0 heterocycles. The first-order chi connectivity index (χ1) is 25.5. The Labute approximate surface area is 321 Å². The monoisotopic (exact) mass is 731 g/mol. The Bertz CT molecular complexity index is 891.